The summed E-state index contributed by atoms with van der Waals surface area (Å²) in [5, 5.41) is 20.3. The highest BCUT2D eigenvalue weighted by molar-refractivity contribution is 7.91. The molecule has 176 valence electrons. The summed E-state index contributed by atoms with van der Waals surface area (Å²) in [6.07, 6.45) is 0. The van der Waals surface area contributed by atoms with E-state index in [1.165, 1.54) is 48.5 Å². The van der Waals surface area contributed by atoms with E-state index in [1.807, 2.05) is 0 Å². The summed E-state index contributed by atoms with van der Waals surface area (Å²) in [6, 6.07) is 12.6. The van der Waals surface area contributed by atoms with E-state index < -0.39 is 20.0 Å². The highest BCUT2D eigenvalue weighted by Gasteiger charge is 2.15. The van der Waals surface area contributed by atoms with Crippen molar-refractivity contribution in [1.82, 2.24) is 0 Å². The van der Waals surface area contributed by atoms with Gasteiger partial charge in [-0.15, -0.1) is 9.45 Å². The van der Waals surface area contributed by atoms with Crippen molar-refractivity contribution in [3.63, 3.8) is 0 Å². The van der Waals surface area contributed by atoms with Gasteiger partial charge in [0, 0.05) is 16.5 Å². The first-order valence-corrected chi connectivity index (χ1v) is 12.7. The molecule has 0 saturated carbocycles. The number of benzene rings is 3. The van der Waals surface area contributed by atoms with Gasteiger partial charge in [0.1, 0.15) is 0 Å². The first-order chi connectivity index (χ1) is 15.6. The van der Waals surface area contributed by atoms with Crippen LogP contribution in [0.5, 0.6) is 0 Å². The first-order valence-electron chi connectivity index (χ1n) is 8.92. The normalized spacial score (nSPS) is 12.5. The lowest BCUT2D eigenvalue weighted by atomic mass is 10.1. The molecule has 3 aromatic carbocycles. The number of nitrogen functional groups attached to an aromatic ring is 1. The van der Waals surface area contributed by atoms with Gasteiger partial charge in [-0.3, -0.25) is 8.74 Å². The third-order valence-electron chi connectivity index (χ3n) is 4.31. The molecular weight excluding hydrogens is 498 g/mol. The summed E-state index contributed by atoms with van der Waals surface area (Å²) in [5.74, 6) is -0.344. The van der Waals surface area contributed by atoms with Gasteiger partial charge in [-0.25, -0.2) is 13.7 Å². The molecule has 0 fully saturated rings. The maximum Gasteiger partial charge on any atom is 0.294 e. The Balaban J connectivity index is 1.81. The van der Waals surface area contributed by atoms with Crippen LogP contribution in [0.1, 0.15) is 0 Å². The topological polar surface area (TPSA) is 187 Å². The number of fused-ring (bicyclic) bond motifs is 1. The second-order valence-electron chi connectivity index (χ2n) is 6.40. The molecule has 0 atom stereocenters. The minimum Gasteiger partial charge on any atom is -0.398 e. The van der Waals surface area contributed by atoms with Crippen molar-refractivity contribution in [3.05, 3.63) is 54.6 Å². The highest BCUT2D eigenvalue weighted by atomic mass is 32.2. The molecule has 0 radical (unpaired) electrons. The Hall–Kier alpha value is -2.63. The van der Waals surface area contributed by atoms with Crippen LogP contribution in [-0.2, 0) is 33.5 Å². The fraction of sp³-hybridized carbons (Fsp3) is 0.111. The molecule has 0 aliphatic rings. The Labute approximate surface area is 192 Å². The van der Waals surface area contributed by atoms with Crippen LogP contribution in [0.4, 0.5) is 17.1 Å². The van der Waals surface area contributed by atoms with Crippen molar-refractivity contribution in [1.29, 1.82) is 0 Å². The SMILES string of the molecule is Nc1ccc(N=Nc2ccc(S(=O)(=O)CCOSOOO)cc2)c2cc(S(=O)(=O)O)ccc12. The summed E-state index contributed by atoms with van der Waals surface area (Å²) >= 11 is 0.281. The number of sulfone groups is 1. The fourth-order valence-corrected chi connectivity index (χ4v) is 4.66. The summed E-state index contributed by atoms with van der Waals surface area (Å²) in [7, 11) is -8.07. The van der Waals surface area contributed by atoms with Crippen LogP contribution in [0.3, 0.4) is 0 Å². The Bertz CT molecular complexity index is 1380. The van der Waals surface area contributed by atoms with Gasteiger partial charge in [0.05, 0.1) is 33.5 Å². The smallest absolute Gasteiger partial charge is 0.294 e. The van der Waals surface area contributed by atoms with E-state index in [0.717, 1.165) is 0 Å². The molecule has 0 heterocycles. The van der Waals surface area contributed by atoms with Crippen molar-refractivity contribution in [2.45, 2.75) is 9.79 Å². The van der Waals surface area contributed by atoms with Gasteiger partial charge in [-0.1, -0.05) is 11.1 Å². The van der Waals surface area contributed by atoms with Crippen LogP contribution >= 0.6 is 12.3 Å². The molecule has 0 amide bonds. The van der Waals surface area contributed by atoms with Crippen molar-refractivity contribution in [3.8, 4) is 0 Å². The zero-order valence-electron chi connectivity index (χ0n) is 16.6. The van der Waals surface area contributed by atoms with Crippen LogP contribution in [0, 0.1) is 0 Å². The van der Waals surface area contributed by atoms with Gasteiger partial charge in [0.25, 0.3) is 10.1 Å². The zero-order valence-corrected chi connectivity index (χ0v) is 19.0. The summed E-state index contributed by atoms with van der Waals surface area (Å²) in [6.45, 7) is -0.215. The maximum absolute atomic E-state index is 12.3. The largest absolute Gasteiger partial charge is 0.398 e. The van der Waals surface area contributed by atoms with E-state index in [1.54, 1.807) is 6.07 Å². The number of rotatable bonds is 10. The Morgan fingerprint density at radius 1 is 0.909 bits per heavy atom. The number of nitrogens with two attached hydrogens (primary N) is 1. The molecule has 0 bridgehead atoms. The van der Waals surface area contributed by atoms with Crippen molar-refractivity contribution in [2.75, 3.05) is 18.1 Å². The molecule has 0 aliphatic heterocycles. The van der Waals surface area contributed by atoms with Gasteiger partial charge >= 0.3 is 0 Å². The Kier molecular flexibility index (Phi) is 7.98. The summed E-state index contributed by atoms with van der Waals surface area (Å²) in [5.41, 5.74) is 6.95. The van der Waals surface area contributed by atoms with E-state index in [-0.39, 0.29) is 34.5 Å². The van der Waals surface area contributed by atoms with Gasteiger partial charge in [0.2, 0.25) is 0 Å². The molecule has 33 heavy (non-hydrogen) atoms. The maximum atomic E-state index is 12.3. The number of hydrogen-bond donors (Lipinski definition) is 3. The van der Waals surface area contributed by atoms with Gasteiger partial charge in [-0.2, -0.15) is 13.5 Å². The molecule has 4 N–H and O–H groups in total. The standard InChI is InChI=1S/C18H17N3O9S3/c19-17-7-8-18(16-11-14(33(25,26)27)5-6-15(16)17)21-20-12-1-3-13(4-2-12)32(23,24)10-9-28-31-30-29-22/h1-8,11,22H,9-10,19H2,(H,25,26,27). The fourth-order valence-electron chi connectivity index (χ4n) is 2.74. The highest BCUT2D eigenvalue weighted by Crippen LogP contribution is 2.33. The third kappa shape index (κ3) is 6.46. The zero-order chi connectivity index (χ0) is 24.1. The summed E-state index contributed by atoms with van der Waals surface area (Å²) in [4.78, 5) is -0.283. The first kappa shape index (κ1) is 25.0. The van der Waals surface area contributed by atoms with Crippen LogP contribution in [0.2, 0.25) is 0 Å². The predicted octanol–water partition coefficient (Wildman–Crippen LogP) is 3.86. The van der Waals surface area contributed by atoms with E-state index in [2.05, 4.69) is 19.6 Å². The minimum atomic E-state index is -4.43. The van der Waals surface area contributed by atoms with E-state index in [0.29, 0.717) is 27.8 Å². The van der Waals surface area contributed by atoms with Crippen molar-refractivity contribution >= 4 is 60.1 Å². The Morgan fingerprint density at radius 2 is 1.61 bits per heavy atom. The van der Waals surface area contributed by atoms with Crippen LogP contribution in [0.25, 0.3) is 10.8 Å². The monoisotopic (exact) mass is 515 g/mol. The van der Waals surface area contributed by atoms with Crippen molar-refractivity contribution < 1.29 is 40.2 Å². The molecule has 0 unspecified atom stereocenters. The molecule has 15 heteroatoms. The van der Waals surface area contributed by atoms with E-state index in [4.69, 9.17) is 15.2 Å². The molecule has 0 aliphatic carbocycles. The van der Waals surface area contributed by atoms with E-state index in [9.17, 15) is 21.4 Å². The molecule has 0 aromatic heterocycles. The predicted molar refractivity (Wildman–Crippen MR) is 119 cm³/mol. The molecular formula is C18H17N3O9S3. The van der Waals surface area contributed by atoms with Gasteiger partial charge < -0.3 is 5.73 Å². The molecule has 3 aromatic rings. The lowest BCUT2D eigenvalue weighted by Crippen LogP contribution is -2.10. The van der Waals surface area contributed by atoms with E-state index >= 15 is 0 Å². The number of hydrogen-bond acceptors (Lipinski definition) is 12. The lowest BCUT2D eigenvalue weighted by molar-refractivity contribution is -0.434. The molecule has 0 spiro atoms. The second-order valence-corrected chi connectivity index (χ2v) is 10.4. The minimum absolute atomic E-state index is 0.0325. The van der Waals surface area contributed by atoms with Crippen LogP contribution in [0.15, 0.2) is 74.6 Å². The van der Waals surface area contributed by atoms with Crippen molar-refractivity contribution in [2.24, 2.45) is 10.2 Å². The summed E-state index contributed by atoms with van der Waals surface area (Å²) < 4.78 is 65.6. The quantitative estimate of drug-likeness (QED) is 0.0676. The molecule has 3 rings (SSSR count). The average molecular weight is 516 g/mol. The average Bonchev–Trinajstić information content (AvgIpc) is 2.78. The number of anilines is 1. The van der Waals surface area contributed by atoms with Gasteiger partial charge in [-0.05, 0) is 48.5 Å². The lowest BCUT2D eigenvalue weighted by Gasteiger charge is -2.07. The van der Waals surface area contributed by atoms with Crippen LogP contribution in [-0.4, -0.2) is 39.0 Å². The number of azo groups is 1. The second kappa shape index (κ2) is 10.5. The Morgan fingerprint density at radius 3 is 2.27 bits per heavy atom. The molecule has 0 saturated heterocycles. The third-order valence-corrected chi connectivity index (χ3v) is 7.23. The van der Waals surface area contributed by atoms with Gasteiger partial charge in [0.15, 0.2) is 22.2 Å². The van der Waals surface area contributed by atoms with Crippen LogP contribution < -0.4 is 5.73 Å². The molecule has 12 nitrogen and oxygen atoms in total. The number of nitrogens with zero attached hydrogens (tertiary/aromatic N) is 2.